The largest absolute Gasteiger partial charge is 0.326 e. The van der Waals surface area contributed by atoms with Crippen LogP contribution in [0.5, 0.6) is 0 Å². The smallest absolute Gasteiger partial charge is 0.271 e. The number of halogens is 3. The fraction of sp³-hybridized carbons (Fsp3) is 0.455. The highest BCUT2D eigenvalue weighted by Crippen LogP contribution is 2.18. The van der Waals surface area contributed by atoms with Crippen molar-refractivity contribution in [3.8, 4) is 0 Å². The van der Waals surface area contributed by atoms with Crippen molar-refractivity contribution in [3.05, 3.63) is 27.1 Å². The number of pyridine rings is 1. The third-order valence-electron chi connectivity index (χ3n) is 3.06. The monoisotopic (exact) mass is 371 g/mol. The molecule has 2 heterocycles. The van der Waals surface area contributed by atoms with E-state index in [4.69, 9.17) is 0 Å². The lowest BCUT2D eigenvalue weighted by atomic mass is 9.88. The SMILES string of the molecule is CC(C(=O)Nc1cc(Br)c[nH]c1=O)C1CNC1.Cl.Cl. The van der Waals surface area contributed by atoms with Crippen LogP contribution in [-0.4, -0.2) is 24.0 Å². The van der Waals surface area contributed by atoms with Gasteiger partial charge in [0, 0.05) is 16.6 Å². The normalized spacial score (nSPS) is 15.5. The number of aromatic amines is 1. The Kier molecular flexibility index (Phi) is 7.66. The van der Waals surface area contributed by atoms with Gasteiger partial charge >= 0.3 is 0 Å². The Bertz CT molecular complexity index is 491. The fourth-order valence-corrected chi connectivity index (χ4v) is 2.02. The summed E-state index contributed by atoms with van der Waals surface area (Å²) in [7, 11) is 0. The van der Waals surface area contributed by atoms with Crippen molar-refractivity contribution >= 4 is 52.3 Å². The Balaban J connectivity index is 0.00000162. The number of anilines is 1. The summed E-state index contributed by atoms with van der Waals surface area (Å²) in [6.45, 7) is 3.61. The van der Waals surface area contributed by atoms with Crippen LogP contribution in [-0.2, 0) is 4.79 Å². The van der Waals surface area contributed by atoms with E-state index >= 15 is 0 Å². The second-order valence-corrected chi connectivity index (χ2v) is 5.17. The third-order valence-corrected chi connectivity index (χ3v) is 3.52. The molecule has 0 bridgehead atoms. The molecule has 108 valence electrons. The van der Waals surface area contributed by atoms with Crippen LogP contribution in [0.1, 0.15) is 6.92 Å². The Morgan fingerprint density at radius 3 is 2.63 bits per heavy atom. The molecule has 1 fully saturated rings. The molecule has 19 heavy (non-hydrogen) atoms. The van der Waals surface area contributed by atoms with Crippen molar-refractivity contribution in [2.24, 2.45) is 11.8 Å². The summed E-state index contributed by atoms with van der Waals surface area (Å²) >= 11 is 3.25. The molecule has 1 amide bonds. The van der Waals surface area contributed by atoms with Crippen LogP contribution in [0.2, 0.25) is 0 Å². The number of hydrogen-bond donors (Lipinski definition) is 3. The van der Waals surface area contributed by atoms with Crippen LogP contribution in [0.25, 0.3) is 0 Å². The molecular formula is C11H16BrCl2N3O2. The minimum atomic E-state index is -0.291. The van der Waals surface area contributed by atoms with Gasteiger partial charge in [-0.25, -0.2) is 0 Å². The van der Waals surface area contributed by atoms with E-state index in [1.54, 1.807) is 6.07 Å². The van der Waals surface area contributed by atoms with Gasteiger partial charge in [-0.1, -0.05) is 6.92 Å². The standard InChI is InChI=1S/C11H14BrN3O2.2ClH/c1-6(7-3-13-4-7)10(16)15-9-2-8(12)5-14-11(9)17;;/h2,5-7,13H,3-4H2,1H3,(H,14,17)(H,15,16);2*1H. The van der Waals surface area contributed by atoms with Crippen LogP contribution < -0.4 is 16.2 Å². The first-order chi connectivity index (χ1) is 8.08. The number of rotatable bonds is 3. The minimum Gasteiger partial charge on any atom is -0.326 e. The zero-order chi connectivity index (χ0) is 12.4. The molecule has 1 aliphatic heterocycles. The maximum Gasteiger partial charge on any atom is 0.271 e. The van der Waals surface area contributed by atoms with Gasteiger partial charge in [-0.15, -0.1) is 24.8 Å². The Morgan fingerprint density at radius 1 is 1.47 bits per heavy atom. The van der Waals surface area contributed by atoms with Crippen molar-refractivity contribution < 1.29 is 4.79 Å². The molecule has 1 aliphatic rings. The van der Waals surface area contributed by atoms with E-state index in [2.05, 4.69) is 31.5 Å². The average Bonchev–Trinajstić information content (AvgIpc) is 2.21. The van der Waals surface area contributed by atoms with Crippen molar-refractivity contribution in [1.82, 2.24) is 10.3 Å². The number of H-pyrrole nitrogens is 1. The fourth-order valence-electron chi connectivity index (χ4n) is 1.68. The quantitative estimate of drug-likeness (QED) is 0.757. The van der Waals surface area contributed by atoms with E-state index in [9.17, 15) is 9.59 Å². The summed E-state index contributed by atoms with van der Waals surface area (Å²) in [6, 6.07) is 1.60. The zero-order valence-corrected chi connectivity index (χ0v) is 13.5. The van der Waals surface area contributed by atoms with Crippen molar-refractivity contribution in [1.29, 1.82) is 0 Å². The first-order valence-corrected chi connectivity index (χ1v) is 6.27. The third kappa shape index (κ3) is 4.49. The van der Waals surface area contributed by atoms with Crippen molar-refractivity contribution in [2.45, 2.75) is 6.92 Å². The highest BCUT2D eigenvalue weighted by Gasteiger charge is 2.28. The number of carbonyl (C=O) groups excluding carboxylic acids is 1. The summed E-state index contributed by atoms with van der Waals surface area (Å²) in [5.41, 5.74) is -0.0102. The van der Waals surface area contributed by atoms with Gasteiger partial charge in [0.2, 0.25) is 5.91 Å². The molecule has 0 spiro atoms. The van der Waals surface area contributed by atoms with Gasteiger partial charge in [0.05, 0.1) is 0 Å². The molecule has 1 unspecified atom stereocenters. The Labute approximate surface area is 131 Å². The molecule has 5 nitrogen and oxygen atoms in total. The summed E-state index contributed by atoms with van der Waals surface area (Å²) < 4.78 is 0.727. The molecule has 2 rings (SSSR count). The number of amides is 1. The number of hydrogen-bond acceptors (Lipinski definition) is 3. The van der Waals surface area contributed by atoms with E-state index in [0.29, 0.717) is 5.92 Å². The van der Waals surface area contributed by atoms with Gasteiger partial charge in [0.15, 0.2) is 0 Å². The summed E-state index contributed by atoms with van der Waals surface area (Å²) in [4.78, 5) is 25.9. The van der Waals surface area contributed by atoms with Crippen LogP contribution in [0.15, 0.2) is 21.5 Å². The Morgan fingerprint density at radius 2 is 2.11 bits per heavy atom. The highest BCUT2D eigenvalue weighted by molar-refractivity contribution is 9.10. The van der Waals surface area contributed by atoms with E-state index < -0.39 is 0 Å². The molecule has 3 N–H and O–H groups in total. The summed E-state index contributed by atoms with van der Waals surface area (Å²) in [5.74, 6) is 0.163. The van der Waals surface area contributed by atoms with Gasteiger partial charge < -0.3 is 15.6 Å². The second kappa shape index (κ2) is 7.89. The molecule has 1 aromatic rings. The molecule has 0 radical (unpaired) electrons. The van der Waals surface area contributed by atoms with E-state index in [1.807, 2.05) is 6.92 Å². The van der Waals surface area contributed by atoms with E-state index in [1.165, 1.54) is 6.20 Å². The molecule has 0 saturated carbocycles. The van der Waals surface area contributed by atoms with Crippen molar-refractivity contribution in [2.75, 3.05) is 18.4 Å². The molecular weight excluding hydrogens is 357 g/mol. The van der Waals surface area contributed by atoms with Crippen LogP contribution >= 0.6 is 40.7 Å². The number of carbonyl (C=O) groups is 1. The lowest BCUT2D eigenvalue weighted by Crippen LogP contribution is -2.48. The average molecular weight is 373 g/mol. The first-order valence-electron chi connectivity index (χ1n) is 5.47. The molecule has 0 aromatic carbocycles. The van der Waals surface area contributed by atoms with Crippen LogP contribution in [0, 0.1) is 11.8 Å². The predicted octanol–water partition coefficient (Wildman–Crippen LogP) is 1.77. The molecule has 1 atom stereocenters. The number of nitrogens with one attached hydrogen (secondary N) is 3. The highest BCUT2D eigenvalue weighted by atomic mass is 79.9. The predicted molar refractivity (Wildman–Crippen MR) is 83.4 cm³/mol. The lowest BCUT2D eigenvalue weighted by molar-refractivity contribution is -0.121. The van der Waals surface area contributed by atoms with Crippen LogP contribution in [0.3, 0.4) is 0 Å². The maximum absolute atomic E-state index is 11.9. The van der Waals surface area contributed by atoms with Gasteiger partial charge in [-0.3, -0.25) is 9.59 Å². The first kappa shape index (κ1) is 18.4. The van der Waals surface area contributed by atoms with Gasteiger partial charge in [0.1, 0.15) is 5.69 Å². The summed E-state index contributed by atoms with van der Waals surface area (Å²) in [6.07, 6.45) is 1.54. The van der Waals surface area contributed by atoms with Crippen LogP contribution in [0.4, 0.5) is 5.69 Å². The van der Waals surface area contributed by atoms with E-state index in [-0.39, 0.29) is 47.9 Å². The van der Waals surface area contributed by atoms with Gasteiger partial charge in [-0.05, 0) is 41.0 Å². The molecule has 1 saturated heterocycles. The van der Waals surface area contributed by atoms with Gasteiger partial charge in [0.25, 0.3) is 5.56 Å². The summed E-state index contributed by atoms with van der Waals surface area (Å²) in [5, 5.41) is 5.79. The molecule has 1 aromatic heterocycles. The van der Waals surface area contributed by atoms with E-state index in [0.717, 1.165) is 17.6 Å². The van der Waals surface area contributed by atoms with Gasteiger partial charge in [-0.2, -0.15) is 0 Å². The molecule has 0 aliphatic carbocycles. The molecule has 8 heteroatoms. The zero-order valence-electron chi connectivity index (χ0n) is 10.2. The minimum absolute atomic E-state index is 0. The topological polar surface area (TPSA) is 74.0 Å². The Hall–Kier alpha value is -0.560. The second-order valence-electron chi connectivity index (χ2n) is 4.26. The maximum atomic E-state index is 11.9. The van der Waals surface area contributed by atoms with Crippen molar-refractivity contribution in [3.63, 3.8) is 0 Å². The number of aromatic nitrogens is 1. The lowest BCUT2D eigenvalue weighted by Gasteiger charge is -2.31.